The summed E-state index contributed by atoms with van der Waals surface area (Å²) in [5.74, 6) is 1.01. The molecule has 0 aromatic carbocycles. The highest BCUT2D eigenvalue weighted by atomic mass is 16.4. The maximum atomic E-state index is 11.1. The third-order valence-corrected chi connectivity index (χ3v) is 4.55. The molecule has 0 bridgehead atoms. The van der Waals surface area contributed by atoms with Crippen LogP contribution in [0.3, 0.4) is 0 Å². The number of nitrogens with one attached hydrogen (secondary N) is 1. The number of carboxylic acid groups (broad SMARTS) is 1. The number of rotatable bonds is 3. The lowest BCUT2D eigenvalue weighted by Gasteiger charge is -2.41. The molecule has 1 aliphatic heterocycles. The smallest absolute Gasteiger partial charge is 0.320 e. The van der Waals surface area contributed by atoms with E-state index in [1.54, 1.807) is 11.0 Å². The molecule has 2 fully saturated rings. The van der Waals surface area contributed by atoms with Crippen LogP contribution in [0.2, 0.25) is 0 Å². The Kier molecular flexibility index (Phi) is 3.46. The number of hydrogen-bond acceptors (Lipinski definition) is 5. The van der Waals surface area contributed by atoms with E-state index in [4.69, 9.17) is 5.11 Å². The fourth-order valence-electron chi connectivity index (χ4n) is 3.54. The first kappa shape index (κ1) is 12.5. The van der Waals surface area contributed by atoms with Crippen molar-refractivity contribution in [3.05, 3.63) is 6.33 Å². The van der Waals surface area contributed by atoms with E-state index in [9.17, 15) is 4.79 Å². The standard InChI is InChI=1S/C12H19N5O2/c18-12(19)11-4-10-3-8(1-2-9(10)5-13-11)6-17-7-14-15-16-17/h7-11,13H,1-6H2,(H,18,19)/t8-,9?,10+,11+/m1/s1. The first-order chi connectivity index (χ1) is 9.22. The average Bonchev–Trinajstić information content (AvgIpc) is 2.90. The van der Waals surface area contributed by atoms with Crippen LogP contribution >= 0.6 is 0 Å². The number of aliphatic carboxylic acids is 1. The Morgan fingerprint density at radius 1 is 1.37 bits per heavy atom. The zero-order chi connectivity index (χ0) is 13.2. The summed E-state index contributed by atoms with van der Waals surface area (Å²) in [5, 5.41) is 23.5. The lowest BCUT2D eigenvalue weighted by atomic mass is 9.69. The summed E-state index contributed by atoms with van der Waals surface area (Å²) in [6, 6.07) is -0.368. The molecule has 104 valence electrons. The second-order valence-corrected chi connectivity index (χ2v) is 5.77. The summed E-state index contributed by atoms with van der Waals surface area (Å²) in [7, 11) is 0. The maximum Gasteiger partial charge on any atom is 0.320 e. The molecule has 1 unspecified atom stereocenters. The van der Waals surface area contributed by atoms with Gasteiger partial charge in [-0.05, 0) is 60.4 Å². The van der Waals surface area contributed by atoms with Crippen molar-refractivity contribution < 1.29 is 9.90 Å². The van der Waals surface area contributed by atoms with Crippen LogP contribution in [0.5, 0.6) is 0 Å². The molecule has 0 amide bonds. The number of carbonyl (C=O) groups is 1. The van der Waals surface area contributed by atoms with Gasteiger partial charge >= 0.3 is 5.97 Å². The minimum absolute atomic E-state index is 0.368. The van der Waals surface area contributed by atoms with Crippen molar-refractivity contribution in [2.24, 2.45) is 17.8 Å². The van der Waals surface area contributed by atoms with Crippen molar-refractivity contribution in [2.45, 2.75) is 38.3 Å². The van der Waals surface area contributed by atoms with Gasteiger partial charge in [-0.25, -0.2) is 4.68 Å². The third kappa shape index (κ3) is 2.75. The molecule has 1 aliphatic carbocycles. The summed E-state index contributed by atoms with van der Waals surface area (Å²) < 4.78 is 1.78. The van der Waals surface area contributed by atoms with Crippen molar-refractivity contribution >= 4 is 5.97 Å². The largest absolute Gasteiger partial charge is 0.480 e. The van der Waals surface area contributed by atoms with Crippen molar-refractivity contribution in [1.29, 1.82) is 0 Å². The van der Waals surface area contributed by atoms with E-state index in [0.717, 1.165) is 25.9 Å². The molecular weight excluding hydrogens is 246 g/mol. The van der Waals surface area contributed by atoms with Crippen LogP contribution in [0.1, 0.15) is 25.7 Å². The fourth-order valence-corrected chi connectivity index (χ4v) is 3.54. The van der Waals surface area contributed by atoms with Crippen molar-refractivity contribution in [2.75, 3.05) is 6.54 Å². The van der Waals surface area contributed by atoms with Crippen LogP contribution in [0, 0.1) is 17.8 Å². The lowest BCUT2D eigenvalue weighted by molar-refractivity contribution is -0.141. The van der Waals surface area contributed by atoms with Gasteiger partial charge in [0.25, 0.3) is 0 Å². The van der Waals surface area contributed by atoms with Crippen molar-refractivity contribution in [3.63, 3.8) is 0 Å². The lowest BCUT2D eigenvalue weighted by Crippen LogP contribution is -2.49. The highest BCUT2D eigenvalue weighted by Gasteiger charge is 2.37. The Morgan fingerprint density at radius 2 is 2.26 bits per heavy atom. The molecule has 2 aliphatic rings. The Balaban J connectivity index is 1.59. The van der Waals surface area contributed by atoms with Crippen LogP contribution in [0.25, 0.3) is 0 Å². The quantitative estimate of drug-likeness (QED) is 0.808. The SMILES string of the molecule is O=C(O)[C@@H]1C[C@@H]2C[C@H](Cn3cnnn3)CCC2CN1. The Morgan fingerprint density at radius 3 is 3.00 bits per heavy atom. The molecule has 1 saturated heterocycles. The fraction of sp³-hybridized carbons (Fsp3) is 0.833. The van der Waals surface area contributed by atoms with Crippen LogP contribution in [-0.4, -0.2) is 43.9 Å². The molecule has 2 N–H and O–H groups in total. The van der Waals surface area contributed by atoms with Gasteiger partial charge in [0, 0.05) is 6.54 Å². The molecule has 0 radical (unpaired) electrons. The van der Waals surface area contributed by atoms with Gasteiger partial charge in [-0.1, -0.05) is 0 Å². The van der Waals surface area contributed by atoms with E-state index in [1.807, 2.05) is 0 Å². The summed E-state index contributed by atoms with van der Waals surface area (Å²) in [6.07, 6.45) is 5.86. The second kappa shape index (κ2) is 5.24. The normalized spacial score (nSPS) is 34.7. The Bertz CT molecular complexity index is 435. The molecule has 1 saturated carbocycles. The van der Waals surface area contributed by atoms with Gasteiger partial charge in [0.15, 0.2) is 0 Å². The number of fused-ring (bicyclic) bond motifs is 1. The topological polar surface area (TPSA) is 92.9 Å². The van der Waals surface area contributed by atoms with E-state index in [0.29, 0.717) is 17.8 Å². The van der Waals surface area contributed by atoms with Crippen molar-refractivity contribution in [3.8, 4) is 0 Å². The highest BCUT2D eigenvalue weighted by Crippen LogP contribution is 2.39. The van der Waals surface area contributed by atoms with E-state index in [1.165, 1.54) is 12.8 Å². The van der Waals surface area contributed by atoms with Crippen LogP contribution in [0.15, 0.2) is 6.33 Å². The van der Waals surface area contributed by atoms with Crippen molar-refractivity contribution in [1.82, 2.24) is 25.5 Å². The molecule has 1 aromatic rings. The molecule has 19 heavy (non-hydrogen) atoms. The minimum Gasteiger partial charge on any atom is -0.480 e. The molecule has 3 rings (SSSR count). The molecule has 1 aromatic heterocycles. The van der Waals surface area contributed by atoms with Gasteiger partial charge < -0.3 is 10.4 Å². The number of hydrogen-bond donors (Lipinski definition) is 2. The van der Waals surface area contributed by atoms with Gasteiger partial charge in [0.1, 0.15) is 12.4 Å². The summed E-state index contributed by atoms with van der Waals surface area (Å²) in [4.78, 5) is 11.1. The van der Waals surface area contributed by atoms with Gasteiger partial charge in [-0.2, -0.15) is 0 Å². The highest BCUT2D eigenvalue weighted by molar-refractivity contribution is 5.73. The van der Waals surface area contributed by atoms with E-state index in [-0.39, 0.29) is 6.04 Å². The predicted molar refractivity (Wildman–Crippen MR) is 66.2 cm³/mol. The Labute approximate surface area is 111 Å². The molecule has 0 spiro atoms. The van der Waals surface area contributed by atoms with Crippen LogP contribution < -0.4 is 5.32 Å². The first-order valence-electron chi connectivity index (χ1n) is 6.89. The Hall–Kier alpha value is -1.50. The first-order valence-corrected chi connectivity index (χ1v) is 6.89. The van der Waals surface area contributed by atoms with Gasteiger partial charge in [0.05, 0.1) is 0 Å². The molecule has 4 atom stereocenters. The summed E-state index contributed by atoms with van der Waals surface area (Å²) >= 11 is 0. The van der Waals surface area contributed by atoms with Crippen LogP contribution in [-0.2, 0) is 11.3 Å². The summed E-state index contributed by atoms with van der Waals surface area (Å²) in [6.45, 7) is 1.70. The molecule has 2 heterocycles. The average molecular weight is 265 g/mol. The van der Waals surface area contributed by atoms with E-state index < -0.39 is 5.97 Å². The monoisotopic (exact) mass is 265 g/mol. The van der Waals surface area contributed by atoms with E-state index >= 15 is 0 Å². The van der Waals surface area contributed by atoms with Gasteiger partial charge in [-0.15, -0.1) is 5.10 Å². The molecular formula is C12H19N5O2. The number of piperidine rings is 1. The zero-order valence-electron chi connectivity index (χ0n) is 10.8. The zero-order valence-corrected chi connectivity index (χ0v) is 10.8. The maximum absolute atomic E-state index is 11.1. The molecule has 7 heteroatoms. The van der Waals surface area contributed by atoms with Crippen LogP contribution in [0.4, 0.5) is 0 Å². The van der Waals surface area contributed by atoms with E-state index in [2.05, 4.69) is 20.8 Å². The second-order valence-electron chi connectivity index (χ2n) is 5.77. The van der Waals surface area contributed by atoms with Gasteiger partial charge in [-0.3, -0.25) is 4.79 Å². The summed E-state index contributed by atoms with van der Waals surface area (Å²) in [5.41, 5.74) is 0. The minimum atomic E-state index is -0.721. The van der Waals surface area contributed by atoms with Gasteiger partial charge in [0.2, 0.25) is 0 Å². The third-order valence-electron chi connectivity index (χ3n) is 4.55. The number of aromatic nitrogens is 4. The number of tetrazole rings is 1. The number of nitrogens with zero attached hydrogens (tertiary/aromatic N) is 4. The number of carboxylic acids is 1. The predicted octanol–water partition coefficient (Wildman–Crippen LogP) is 0.152. The molecule has 7 nitrogen and oxygen atoms in total.